The van der Waals surface area contributed by atoms with Gasteiger partial charge in [0.05, 0.1) is 0 Å². The maximum Gasteiger partial charge on any atom is 0.307 e. The van der Waals surface area contributed by atoms with Crippen molar-refractivity contribution >= 4 is 17.6 Å². The molecule has 1 aliphatic rings. The number of hydrogen-bond acceptors (Lipinski definition) is 4. The number of rotatable bonds is 9. The Bertz CT molecular complexity index is 883. The van der Waals surface area contributed by atoms with Gasteiger partial charge in [-0.3, -0.25) is 10.1 Å². The molecule has 1 N–H and O–H groups in total. The van der Waals surface area contributed by atoms with Crippen molar-refractivity contribution in [3.63, 3.8) is 0 Å². The highest BCUT2D eigenvalue weighted by atomic mass is 35.5. The minimum absolute atomic E-state index is 0.142. The van der Waals surface area contributed by atoms with Crippen molar-refractivity contribution in [1.29, 1.82) is 0 Å². The summed E-state index contributed by atoms with van der Waals surface area (Å²) in [6.45, 7) is 8.99. The van der Waals surface area contributed by atoms with E-state index >= 15 is 0 Å². The highest BCUT2D eigenvalue weighted by Crippen LogP contribution is 2.48. The average molecular weight is 444 g/mol. The third kappa shape index (κ3) is 5.81. The van der Waals surface area contributed by atoms with Crippen molar-refractivity contribution in [2.75, 3.05) is 6.54 Å². The minimum atomic E-state index is -0.330. The zero-order valence-corrected chi connectivity index (χ0v) is 19.7. The van der Waals surface area contributed by atoms with Crippen LogP contribution in [0.1, 0.15) is 76.3 Å². The second kappa shape index (κ2) is 11.0. The molecule has 31 heavy (non-hydrogen) atoms. The molecule has 2 aromatic carbocycles. The van der Waals surface area contributed by atoms with Crippen LogP contribution in [0, 0.1) is 5.92 Å². The van der Waals surface area contributed by atoms with Crippen LogP contribution in [0.25, 0.3) is 0 Å². The van der Waals surface area contributed by atoms with Crippen molar-refractivity contribution in [3.8, 4) is 11.5 Å². The molecule has 168 valence electrons. The zero-order chi connectivity index (χ0) is 22.4. The van der Waals surface area contributed by atoms with Crippen molar-refractivity contribution < 1.29 is 14.3 Å². The molecule has 0 aromatic heterocycles. The number of halogens is 1. The highest BCUT2D eigenvalue weighted by Gasteiger charge is 2.33. The molecule has 4 nitrogen and oxygen atoms in total. The summed E-state index contributed by atoms with van der Waals surface area (Å²) in [5, 5.41) is 4.24. The van der Waals surface area contributed by atoms with Gasteiger partial charge in [0.1, 0.15) is 11.5 Å². The summed E-state index contributed by atoms with van der Waals surface area (Å²) in [7, 11) is 0. The van der Waals surface area contributed by atoms with E-state index in [1.54, 1.807) is 0 Å². The lowest BCUT2D eigenvalue weighted by atomic mass is 9.78. The van der Waals surface area contributed by atoms with E-state index in [4.69, 9.17) is 21.1 Å². The van der Waals surface area contributed by atoms with Gasteiger partial charge < -0.3 is 9.47 Å². The van der Waals surface area contributed by atoms with Crippen LogP contribution in [-0.4, -0.2) is 18.7 Å². The fourth-order valence-corrected chi connectivity index (χ4v) is 4.50. The number of para-hydroxylation sites is 1. The molecule has 1 heterocycles. The van der Waals surface area contributed by atoms with Crippen LogP contribution < -0.4 is 10.1 Å². The van der Waals surface area contributed by atoms with Crippen LogP contribution in [0.3, 0.4) is 0 Å². The number of carbonyl (C=O) groups excluding carboxylic acids is 1. The van der Waals surface area contributed by atoms with Crippen LogP contribution in [0.5, 0.6) is 11.5 Å². The molecule has 0 saturated heterocycles. The van der Waals surface area contributed by atoms with Crippen LogP contribution in [0.2, 0.25) is 5.02 Å². The first-order valence-electron chi connectivity index (χ1n) is 11.4. The van der Waals surface area contributed by atoms with E-state index in [-0.39, 0.29) is 30.0 Å². The van der Waals surface area contributed by atoms with E-state index in [0.717, 1.165) is 36.3 Å². The summed E-state index contributed by atoms with van der Waals surface area (Å²) in [6.07, 6.45) is 2.98. The summed E-state index contributed by atoms with van der Waals surface area (Å²) >= 11 is 6.40. The molecule has 0 saturated carbocycles. The number of ether oxygens (including phenoxy) is 2. The number of benzene rings is 2. The fraction of sp³-hybridized carbons (Fsp3) is 0.500. The summed E-state index contributed by atoms with van der Waals surface area (Å²) in [4.78, 5) is 12.1. The van der Waals surface area contributed by atoms with E-state index in [2.05, 4.69) is 38.2 Å². The molecule has 3 atom stereocenters. The second-order valence-electron chi connectivity index (χ2n) is 8.64. The van der Waals surface area contributed by atoms with E-state index in [9.17, 15) is 4.79 Å². The maximum absolute atomic E-state index is 12.1. The molecule has 3 unspecified atom stereocenters. The quantitative estimate of drug-likeness (QED) is 0.334. The van der Waals surface area contributed by atoms with Gasteiger partial charge in [-0.2, -0.15) is 0 Å². The van der Waals surface area contributed by atoms with Gasteiger partial charge in [-0.15, -0.1) is 0 Å². The molecule has 0 amide bonds. The molecule has 2 aromatic rings. The number of carbonyl (C=O) groups is 1. The van der Waals surface area contributed by atoms with Crippen LogP contribution in [0.4, 0.5) is 0 Å². The molecule has 3 rings (SSSR count). The maximum atomic E-state index is 12.1. The van der Waals surface area contributed by atoms with Crippen molar-refractivity contribution in [1.82, 2.24) is 5.32 Å². The average Bonchev–Trinajstić information content (AvgIpc) is 2.86. The lowest BCUT2D eigenvalue weighted by Gasteiger charge is -2.30. The molecule has 0 bridgehead atoms. The van der Waals surface area contributed by atoms with Gasteiger partial charge in [0, 0.05) is 35.4 Å². The Hall–Kier alpha value is -2.04. The Labute approximate surface area is 191 Å². The number of hydrogen-bond donors (Lipinski definition) is 1. The van der Waals surface area contributed by atoms with E-state index < -0.39 is 0 Å². The Kier molecular flexibility index (Phi) is 8.39. The van der Waals surface area contributed by atoms with Gasteiger partial charge in [0.25, 0.3) is 0 Å². The third-order valence-electron chi connectivity index (χ3n) is 5.85. The van der Waals surface area contributed by atoms with Crippen LogP contribution >= 0.6 is 11.6 Å². The standard InChI is InChI=1S/C26H34ClNO3/c1-5-9-19-20-11-7-8-12-23(20)30-24-14-13-18(27)15-21(24)22(19)16-28-26(17(3)4)31-25(29)10-6-2/h7-8,11-15,17,19,22,26,28H,5-6,9-10,16H2,1-4H3. The Balaban J connectivity index is 1.94. The number of fused-ring (bicyclic) bond motifs is 2. The molecule has 1 aliphatic heterocycles. The molecule has 5 heteroatoms. The first-order chi connectivity index (χ1) is 14.9. The summed E-state index contributed by atoms with van der Waals surface area (Å²) < 4.78 is 12.1. The first-order valence-corrected chi connectivity index (χ1v) is 11.8. The van der Waals surface area contributed by atoms with Gasteiger partial charge >= 0.3 is 5.97 Å². The predicted octanol–water partition coefficient (Wildman–Crippen LogP) is 7.03. The van der Waals surface area contributed by atoms with E-state index in [0.29, 0.717) is 18.0 Å². The monoisotopic (exact) mass is 443 g/mol. The molecule has 0 fully saturated rings. The van der Waals surface area contributed by atoms with Gasteiger partial charge in [0.15, 0.2) is 6.23 Å². The number of nitrogens with one attached hydrogen (secondary N) is 1. The topological polar surface area (TPSA) is 47.6 Å². The third-order valence-corrected chi connectivity index (χ3v) is 6.09. The Morgan fingerprint density at radius 2 is 1.81 bits per heavy atom. The second-order valence-corrected chi connectivity index (χ2v) is 9.07. The largest absolute Gasteiger partial charge is 0.457 e. The lowest BCUT2D eigenvalue weighted by molar-refractivity contribution is -0.153. The summed E-state index contributed by atoms with van der Waals surface area (Å²) in [5.74, 6) is 2.17. The highest BCUT2D eigenvalue weighted by molar-refractivity contribution is 6.30. The van der Waals surface area contributed by atoms with Crippen molar-refractivity contribution in [3.05, 3.63) is 58.6 Å². The SMILES string of the molecule is CCCC(=O)OC(NCC1c2cc(Cl)ccc2Oc2ccccc2C1CCC)C(C)C. The normalized spacial score (nSPS) is 18.5. The van der Waals surface area contributed by atoms with Crippen molar-refractivity contribution in [2.45, 2.75) is 71.4 Å². The Morgan fingerprint density at radius 3 is 2.52 bits per heavy atom. The molecular weight excluding hydrogens is 410 g/mol. The minimum Gasteiger partial charge on any atom is -0.457 e. The van der Waals surface area contributed by atoms with E-state index in [1.807, 2.05) is 37.3 Å². The van der Waals surface area contributed by atoms with Crippen molar-refractivity contribution in [2.24, 2.45) is 5.92 Å². The van der Waals surface area contributed by atoms with Crippen LogP contribution in [0.15, 0.2) is 42.5 Å². The first kappa shape index (κ1) is 23.6. The predicted molar refractivity (Wildman–Crippen MR) is 126 cm³/mol. The van der Waals surface area contributed by atoms with Gasteiger partial charge in [0.2, 0.25) is 0 Å². The smallest absolute Gasteiger partial charge is 0.307 e. The van der Waals surface area contributed by atoms with E-state index in [1.165, 1.54) is 5.56 Å². The van der Waals surface area contributed by atoms with Gasteiger partial charge in [-0.25, -0.2) is 0 Å². The number of esters is 1. The summed E-state index contributed by atoms with van der Waals surface area (Å²) in [6, 6.07) is 14.1. The van der Waals surface area contributed by atoms with Gasteiger partial charge in [-0.05, 0) is 48.6 Å². The molecule has 0 radical (unpaired) electrons. The molecule has 0 aliphatic carbocycles. The Morgan fingerprint density at radius 1 is 1.06 bits per heavy atom. The molecular formula is C26H34ClNO3. The summed E-state index contributed by atoms with van der Waals surface area (Å²) in [5.41, 5.74) is 2.31. The van der Waals surface area contributed by atoms with Gasteiger partial charge in [-0.1, -0.05) is 63.9 Å². The fourth-order valence-electron chi connectivity index (χ4n) is 4.31. The lowest BCUT2D eigenvalue weighted by Crippen LogP contribution is -2.41. The van der Waals surface area contributed by atoms with Crippen LogP contribution in [-0.2, 0) is 9.53 Å². The zero-order valence-electron chi connectivity index (χ0n) is 19.0. The molecule has 0 spiro atoms.